The Kier molecular flexibility index (Phi) is 5.33. The number of fused-ring (bicyclic) bond motifs is 1. The second-order valence-electron chi connectivity index (χ2n) is 7.98. The van der Waals surface area contributed by atoms with E-state index < -0.39 is 17.6 Å². The van der Waals surface area contributed by atoms with Crippen molar-refractivity contribution in [3.8, 4) is 0 Å². The van der Waals surface area contributed by atoms with E-state index in [0.29, 0.717) is 35.5 Å². The smallest absolute Gasteiger partial charge is 0.444 e. The predicted octanol–water partition coefficient (Wildman–Crippen LogP) is 3.61. The monoisotopic (exact) mass is 404 g/mol. The van der Waals surface area contributed by atoms with Gasteiger partial charge in [0.15, 0.2) is 0 Å². The van der Waals surface area contributed by atoms with Crippen molar-refractivity contribution < 1.29 is 22.7 Å². The highest BCUT2D eigenvalue weighted by Crippen LogP contribution is 2.38. The fourth-order valence-corrected chi connectivity index (χ4v) is 4.41. The first-order valence-corrected chi connectivity index (χ1v) is 9.51. The molecule has 10 heteroatoms. The average molecular weight is 404 g/mol. The van der Waals surface area contributed by atoms with Crippen LogP contribution in [0.2, 0.25) is 0 Å². The molecule has 6 nitrogen and oxygen atoms in total. The van der Waals surface area contributed by atoms with Crippen molar-refractivity contribution in [3.63, 3.8) is 0 Å². The molecular formula is C17H23F3N4O2S. The van der Waals surface area contributed by atoms with Crippen LogP contribution in [0, 0.1) is 18.8 Å². The lowest BCUT2D eigenvalue weighted by Crippen LogP contribution is -2.37. The Morgan fingerprint density at radius 2 is 1.78 bits per heavy atom. The lowest BCUT2D eigenvalue weighted by Gasteiger charge is -2.25. The number of halogens is 3. The molecule has 1 aromatic rings. The first kappa shape index (κ1) is 20.2. The zero-order valence-electron chi connectivity index (χ0n) is 15.7. The van der Waals surface area contributed by atoms with Gasteiger partial charge in [0.25, 0.3) is 0 Å². The van der Waals surface area contributed by atoms with Crippen molar-refractivity contribution in [2.45, 2.75) is 44.4 Å². The molecular weight excluding hydrogens is 381 g/mol. The number of hydrogen-bond donors (Lipinski definition) is 0. The Morgan fingerprint density at radius 3 is 2.26 bits per heavy atom. The van der Waals surface area contributed by atoms with Crippen molar-refractivity contribution in [2.24, 2.45) is 11.8 Å². The summed E-state index contributed by atoms with van der Waals surface area (Å²) in [7, 11) is 0. The Balaban J connectivity index is 1.56. The van der Waals surface area contributed by atoms with Gasteiger partial charge in [0, 0.05) is 32.4 Å². The summed E-state index contributed by atoms with van der Waals surface area (Å²) in [6.45, 7) is 9.88. The summed E-state index contributed by atoms with van der Waals surface area (Å²) < 4.78 is 45.6. The van der Waals surface area contributed by atoms with E-state index in [0.717, 1.165) is 13.1 Å². The molecule has 150 valence electrons. The molecule has 27 heavy (non-hydrogen) atoms. The van der Waals surface area contributed by atoms with Crippen LogP contribution in [-0.2, 0) is 10.9 Å². The number of rotatable bonds is 2. The fraction of sp³-hybridized carbons (Fsp3) is 0.706. The van der Waals surface area contributed by atoms with Crippen LogP contribution in [0.1, 0.15) is 32.3 Å². The Hall–Kier alpha value is -1.55. The molecule has 2 aliphatic rings. The van der Waals surface area contributed by atoms with Gasteiger partial charge in [0.1, 0.15) is 5.60 Å². The summed E-state index contributed by atoms with van der Waals surface area (Å²) in [6, 6.07) is 0. The number of alkyl halides is 3. The Bertz CT molecular complexity index is 709. The zero-order valence-corrected chi connectivity index (χ0v) is 16.5. The molecule has 0 bridgehead atoms. The van der Waals surface area contributed by atoms with E-state index in [4.69, 9.17) is 4.74 Å². The number of nitrogens with zero attached hydrogens (tertiary/aromatic N) is 4. The summed E-state index contributed by atoms with van der Waals surface area (Å²) >= 11 is 1.38. The number of aromatic nitrogens is 2. The van der Waals surface area contributed by atoms with Crippen molar-refractivity contribution >= 4 is 18.0 Å². The highest BCUT2D eigenvalue weighted by Gasteiger charge is 2.43. The molecule has 0 radical (unpaired) electrons. The minimum Gasteiger partial charge on any atom is -0.444 e. The maximum atomic E-state index is 12.7. The molecule has 1 amide bonds. The van der Waals surface area contributed by atoms with Crippen LogP contribution in [0.4, 0.5) is 18.0 Å². The fourth-order valence-electron chi connectivity index (χ4n) is 3.32. The van der Waals surface area contributed by atoms with E-state index in [1.54, 1.807) is 11.8 Å². The van der Waals surface area contributed by atoms with Gasteiger partial charge < -0.3 is 9.64 Å². The van der Waals surface area contributed by atoms with Crippen LogP contribution >= 0.6 is 11.9 Å². The average Bonchev–Trinajstić information content (AvgIpc) is 3.04. The number of aryl methyl sites for hydroxylation is 1. The molecule has 0 aromatic carbocycles. The van der Waals surface area contributed by atoms with Crippen LogP contribution in [0.3, 0.4) is 0 Å². The third-order valence-electron chi connectivity index (χ3n) is 4.52. The van der Waals surface area contributed by atoms with Gasteiger partial charge in [-0.25, -0.2) is 19.1 Å². The molecule has 0 N–H and O–H groups in total. The van der Waals surface area contributed by atoms with Gasteiger partial charge in [0.05, 0.1) is 10.6 Å². The summed E-state index contributed by atoms with van der Waals surface area (Å²) in [5.74, 6) is -0.447. The van der Waals surface area contributed by atoms with E-state index in [1.807, 2.05) is 20.8 Å². The largest absolute Gasteiger partial charge is 0.451 e. The number of likely N-dealkylation sites (tertiary alicyclic amines) is 1. The van der Waals surface area contributed by atoms with Crippen molar-refractivity contribution in [2.75, 3.05) is 26.2 Å². The first-order valence-electron chi connectivity index (χ1n) is 8.74. The number of carbonyl (C=O) groups excluding carboxylic acids is 1. The lowest BCUT2D eigenvalue weighted by atomic mass is 10.0. The molecule has 3 heterocycles. The Morgan fingerprint density at radius 1 is 1.19 bits per heavy atom. The van der Waals surface area contributed by atoms with E-state index in [9.17, 15) is 18.0 Å². The lowest BCUT2D eigenvalue weighted by molar-refractivity contribution is -0.145. The first-order chi connectivity index (χ1) is 12.4. The Labute approximate surface area is 160 Å². The molecule has 2 saturated heterocycles. The van der Waals surface area contributed by atoms with Gasteiger partial charge in [-0.15, -0.1) is 0 Å². The van der Waals surface area contributed by atoms with Crippen molar-refractivity contribution in [3.05, 3.63) is 17.7 Å². The van der Waals surface area contributed by atoms with Gasteiger partial charge >= 0.3 is 12.3 Å². The highest BCUT2D eigenvalue weighted by molar-refractivity contribution is 7.97. The minimum absolute atomic E-state index is 0.289. The van der Waals surface area contributed by atoms with Gasteiger partial charge in [-0.05, 0) is 51.5 Å². The molecule has 2 atom stereocenters. The molecule has 0 aliphatic carbocycles. The topological polar surface area (TPSA) is 58.6 Å². The van der Waals surface area contributed by atoms with Gasteiger partial charge in [0.2, 0.25) is 5.82 Å². The van der Waals surface area contributed by atoms with E-state index in [-0.39, 0.29) is 6.09 Å². The van der Waals surface area contributed by atoms with Gasteiger partial charge in [-0.3, -0.25) is 0 Å². The summed E-state index contributed by atoms with van der Waals surface area (Å²) in [4.78, 5) is 21.6. The minimum atomic E-state index is -4.54. The predicted molar refractivity (Wildman–Crippen MR) is 94.0 cm³/mol. The standard InChI is InChI=1S/C17H23F3N4O2S/c1-10-13(5-21-14(22-10)17(18,19)20)27-24-8-11-6-23(7-12(11)9-24)15(25)26-16(2,3)4/h5,11-12H,6-9H2,1-4H3. The summed E-state index contributed by atoms with van der Waals surface area (Å²) in [6.07, 6.45) is -3.59. The molecule has 3 rings (SSSR count). The molecule has 2 aliphatic heterocycles. The normalized spacial score (nSPS) is 23.6. The van der Waals surface area contributed by atoms with E-state index in [2.05, 4.69) is 14.3 Å². The molecule has 1 aromatic heterocycles. The van der Waals surface area contributed by atoms with Crippen LogP contribution in [0.5, 0.6) is 0 Å². The van der Waals surface area contributed by atoms with Crippen LogP contribution < -0.4 is 0 Å². The van der Waals surface area contributed by atoms with Crippen LogP contribution in [-0.4, -0.2) is 57.0 Å². The quantitative estimate of drug-likeness (QED) is 0.702. The maximum absolute atomic E-state index is 12.7. The third-order valence-corrected chi connectivity index (χ3v) is 5.67. The molecule has 0 spiro atoms. The third kappa shape index (κ3) is 4.84. The second kappa shape index (κ2) is 7.12. The highest BCUT2D eigenvalue weighted by atomic mass is 32.2. The molecule has 2 fully saturated rings. The maximum Gasteiger partial charge on any atom is 0.451 e. The summed E-state index contributed by atoms with van der Waals surface area (Å²) in [5.41, 5.74) is -0.202. The SMILES string of the molecule is Cc1nc(C(F)(F)F)ncc1SN1CC2CN(C(=O)OC(C)(C)C)CC2C1. The van der Waals surface area contributed by atoms with Gasteiger partial charge in [-0.1, -0.05) is 0 Å². The second-order valence-corrected chi connectivity index (χ2v) is 9.12. The van der Waals surface area contributed by atoms with E-state index in [1.165, 1.54) is 18.1 Å². The van der Waals surface area contributed by atoms with E-state index >= 15 is 0 Å². The number of amides is 1. The zero-order chi connectivity index (χ0) is 20.0. The van der Waals surface area contributed by atoms with Crippen LogP contribution in [0.15, 0.2) is 11.1 Å². The van der Waals surface area contributed by atoms with Crippen molar-refractivity contribution in [1.29, 1.82) is 0 Å². The number of ether oxygens (including phenoxy) is 1. The molecule has 0 saturated carbocycles. The van der Waals surface area contributed by atoms with Crippen LogP contribution in [0.25, 0.3) is 0 Å². The van der Waals surface area contributed by atoms with Gasteiger partial charge in [-0.2, -0.15) is 13.2 Å². The number of hydrogen-bond acceptors (Lipinski definition) is 6. The summed E-state index contributed by atoms with van der Waals surface area (Å²) in [5, 5.41) is 0. The number of carbonyl (C=O) groups is 1. The van der Waals surface area contributed by atoms with Crippen molar-refractivity contribution in [1.82, 2.24) is 19.2 Å². The molecule has 2 unspecified atom stereocenters.